The molecule has 0 atom stereocenters. The number of nitrogens with one attached hydrogen (secondary N) is 1. The molecule has 0 saturated heterocycles. The van der Waals surface area contributed by atoms with E-state index in [1.165, 1.54) is 0 Å². The van der Waals surface area contributed by atoms with Crippen molar-refractivity contribution in [3.05, 3.63) is 30.0 Å². The van der Waals surface area contributed by atoms with Gasteiger partial charge in [0.05, 0.1) is 25.0 Å². The number of rotatable bonds is 7. The van der Waals surface area contributed by atoms with Crippen LogP contribution >= 0.6 is 0 Å². The van der Waals surface area contributed by atoms with Crippen LogP contribution in [0, 0.1) is 5.92 Å². The van der Waals surface area contributed by atoms with E-state index in [2.05, 4.69) is 29.1 Å². The molecule has 0 aromatic carbocycles. The molecule has 21 heavy (non-hydrogen) atoms. The third-order valence-electron chi connectivity index (χ3n) is 2.81. The van der Waals surface area contributed by atoms with Crippen LogP contribution in [0.2, 0.25) is 0 Å². The smallest absolute Gasteiger partial charge is 0.239 e. The lowest BCUT2D eigenvalue weighted by Gasteiger charge is -2.11. The Balaban J connectivity index is 1.98. The average molecular weight is 290 g/mol. The summed E-state index contributed by atoms with van der Waals surface area (Å²) in [4.78, 5) is 8.55. The number of ether oxygens (including phenoxy) is 1. The number of hydrogen-bond donors (Lipinski definition) is 2. The largest absolute Gasteiger partial charge is 0.476 e. The minimum atomic E-state index is 0.419. The fourth-order valence-corrected chi connectivity index (χ4v) is 1.67. The predicted molar refractivity (Wildman–Crippen MR) is 82.2 cm³/mol. The molecule has 2 aromatic rings. The van der Waals surface area contributed by atoms with Crippen molar-refractivity contribution in [2.75, 3.05) is 17.7 Å². The molecule has 3 N–H and O–H groups in total. The maximum atomic E-state index is 5.86. The molecule has 0 radical (unpaired) electrons. The topological polar surface area (TPSA) is 86.2 Å². The van der Waals surface area contributed by atoms with Gasteiger partial charge in [-0.2, -0.15) is 4.98 Å². The van der Waals surface area contributed by atoms with E-state index in [0.717, 1.165) is 12.2 Å². The first-order chi connectivity index (χ1) is 10.1. The van der Waals surface area contributed by atoms with Crippen molar-refractivity contribution in [2.45, 2.75) is 33.7 Å². The van der Waals surface area contributed by atoms with Crippen molar-refractivity contribution in [3.8, 4) is 5.88 Å². The van der Waals surface area contributed by atoms with Crippen LogP contribution in [0.5, 0.6) is 5.88 Å². The zero-order valence-corrected chi connectivity index (χ0v) is 12.7. The highest BCUT2D eigenvalue weighted by atomic mass is 16.5. The molecule has 114 valence electrons. The van der Waals surface area contributed by atoms with E-state index in [1.54, 1.807) is 18.3 Å². The highest BCUT2D eigenvalue weighted by Gasteiger charge is 2.07. The van der Waals surface area contributed by atoms with Crippen LogP contribution in [-0.4, -0.2) is 16.6 Å². The highest BCUT2D eigenvalue weighted by molar-refractivity contribution is 5.53. The molecule has 2 heterocycles. The number of nitrogens with zero attached hydrogens (tertiary/aromatic N) is 2. The molecule has 2 rings (SSSR count). The molecule has 0 aliphatic heterocycles. The van der Waals surface area contributed by atoms with Gasteiger partial charge in [0.25, 0.3) is 0 Å². The van der Waals surface area contributed by atoms with Crippen molar-refractivity contribution < 1.29 is 9.15 Å². The Morgan fingerprint density at radius 2 is 2.19 bits per heavy atom. The Morgan fingerprint density at radius 1 is 1.38 bits per heavy atom. The quantitative estimate of drug-likeness (QED) is 0.815. The Hall–Kier alpha value is -2.24. The van der Waals surface area contributed by atoms with Crippen LogP contribution in [0.15, 0.2) is 22.7 Å². The Morgan fingerprint density at radius 3 is 2.86 bits per heavy atom. The molecule has 0 aliphatic carbocycles. The maximum absolute atomic E-state index is 5.86. The van der Waals surface area contributed by atoms with Gasteiger partial charge < -0.3 is 20.2 Å². The summed E-state index contributed by atoms with van der Waals surface area (Å²) in [6.45, 7) is 7.23. The van der Waals surface area contributed by atoms with Gasteiger partial charge in [0.1, 0.15) is 11.6 Å². The third-order valence-corrected chi connectivity index (χ3v) is 2.81. The van der Waals surface area contributed by atoms with E-state index >= 15 is 0 Å². The van der Waals surface area contributed by atoms with Gasteiger partial charge in [-0.15, -0.1) is 0 Å². The summed E-state index contributed by atoms with van der Waals surface area (Å²) in [6.07, 6.45) is 2.57. The lowest BCUT2D eigenvalue weighted by Crippen LogP contribution is -2.09. The summed E-state index contributed by atoms with van der Waals surface area (Å²) in [7, 11) is 0. The molecule has 0 saturated carbocycles. The first-order valence-electron chi connectivity index (χ1n) is 7.15. The fraction of sp³-hybridized carbons (Fsp3) is 0.467. The van der Waals surface area contributed by atoms with E-state index in [0.29, 0.717) is 42.3 Å². The second-order valence-corrected chi connectivity index (χ2v) is 5.22. The number of nitrogen functional groups attached to an aromatic ring is 1. The van der Waals surface area contributed by atoms with Gasteiger partial charge in [-0.05, 0) is 18.1 Å². The highest BCUT2D eigenvalue weighted by Crippen LogP contribution is 2.21. The number of anilines is 2. The predicted octanol–water partition coefficient (Wildman–Crippen LogP) is 2.86. The van der Waals surface area contributed by atoms with Crippen molar-refractivity contribution >= 4 is 11.5 Å². The van der Waals surface area contributed by atoms with Crippen molar-refractivity contribution in [1.29, 1.82) is 0 Å². The van der Waals surface area contributed by atoms with Crippen LogP contribution in [0.3, 0.4) is 0 Å². The number of aryl methyl sites for hydroxylation is 1. The number of oxazole rings is 1. The number of hydrogen-bond acceptors (Lipinski definition) is 6. The van der Waals surface area contributed by atoms with E-state index < -0.39 is 0 Å². The van der Waals surface area contributed by atoms with Gasteiger partial charge >= 0.3 is 0 Å². The summed E-state index contributed by atoms with van der Waals surface area (Å²) in [5.41, 5.74) is 6.39. The zero-order valence-electron chi connectivity index (χ0n) is 12.7. The van der Waals surface area contributed by atoms with Crippen LogP contribution in [0.4, 0.5) is 11.5 Å². The number of aromatic nitrogens is 2. The molecule has 0 aliphatic rings. The van der Waals surface area contributed by atoms with E-state index in [-0.39, 0.29) is 0 Å². The van der Waals surface area contributed by atoms with Crippen LogP contribution in [0.1, 0.15) is 32.4 Å². The van der Waals surface area contributed by atoms with Crippen LogP contribution in [-0.2, 0) is 13.0 Å². The monoisotopic (exact) mass is 290 g/mol. The van der Waals surface area contributed by atoms with Gasteiger partial charge in [0.15, 0.2) is 0 Å². The van der Waals surface area contributed by atoms with Gasteiger partial charge in [0, 0.05) is 6.42 Å². The van der Waals surface area contributed by atoms with E-state index in [1.807, 2.05) is 6.92 Å². The molecule has 0 bridgehead atoms. The molecular formula is C15H22N4O2. The molecule has 6 nitrogen and oxygen atoms in total. The molecule has 0 amide bonds. The second-order valence-electron chi connectivity index (χ2n) is 5.22. The SMILES string of the molecule is CCc1cnc(CNc2ccc(N)c(OCC(C)C)n2)o1. The Kier molecular flexibility index (Phi) is 5.03. The second kappa shape index (κ2) is 6.97. The maximum Gasteiger partial charge on any atom is 0.239 e. The first-order valence-corrected chi connectivity index (χ1v) is 7.15. The molecule has 2 aromatic heterocycles. The van der Waals surface area contributed by atoms with Crippen molar-refractivity contribution in [2.24, 2.45) is 5.92 Å². The van der Waals surface area contributed by atoms with Gasteiger partial charge in [0.2, 0.25) is 11.8 Å². The minimum Gasteiger partial charge on any atom is -0.476 e. The van der Waals surface area contributed by atoms with E-state index in [4.69, 9.17) is 14.9 Å². The molecule has 0 spiro atoms. The van der Waals surface area contributed by atoms with Gasteiger partial charge in [-0.3, -0.25) is 0 Å². The van der Waals surface area contributed by atoms with E-state index in [9.17, 15) is 0 Å². The molecule has 0 unspecified atom stereocenters. The summed E-state index contributed by atoms with van der Waals surface area (Å²) < 4.78 is 11.1. The summed E-state index contributed by atoms with van der Waals surface area (Å²) in [6, 6.07) is 3.58. The van der Waals surface area contributed by atoms with Gasteiger partial charge in [-0.1, -0.05) is 20.8 Å². The molecular weight excluding hydrogens is 268 g/mol. The fourth-order valence-electron chi connectivity index (χ4n) is 1.67. The third kappa shape index (κ3) is 4.37. The van der Waals surface area contributed by atoms with Crippen molar-refractivity contribution in [1.82, 2.24) is 9.97 Å². The molecule has 6 heteroatoms. The summed E-state index contributed by atoms with van der Waals surface area (Å²) in [5.74, 6) is 3.06. The Labute approximate surface area is 124 Å². The lowest BCUT2D eigenvalue weighted by atomic mass is 10.2. The summed E-state index contributed by atoms with van der Waals surface area (Å²) >= 11 is 0. The van der Waals surface area contributed by atoms with Crippen LogP contribution < -0.4 is 15.8 Å². The number of pyridine rings is 1. The van der Waals surface area contributed by atoms with Gasteiger partial charge in [-0.25, -0.2) is 4.98 Å². The summed E-state index contributed by atoms with van der Waals surface area (Å²) in [5, 5.41) is 3.15. The minimum absolute atomic E-state index is 0.419. The normalized spacial score (nSPS) is 10.9. The standard InChI is InChI=1S/C15H22N4O2/c1-4-11-7-18-14(21-11)8-17-13-6-5-12(16)15(19-13)20-9-10(2)3/h5-7,10H,4,8-9,16H2,1-3H3,(H,17,19). The Bertz CT molecular complexity index is 581. The lowest BCUT2D eigenvalue weighted by molar-refractivity contribution is 0.263. The number of nitrogens with two attached hydrogens (primary N) is 1. The molecule has 0 fully saturated rings. The van der Waals surface area contributed by atoms with Crippen LogP contribution in [0.25, 0.3) is 0 Å². The average Bonchev–Trinajstić information content (AvgIpc) is 2.93. The van der Waals surface area contributed by atoms with Crippen molar-refractivity contribution in [3.63, 3.8) is 0 Å². The zero-order chi connectivity index (χ0) is 15.2. The first kappa shape index (κ1) is 15.2.